The Morgan fingerprint density at radius 3 is 2.27 bits per heavy atom. The molecule has 0 unspecified atom stereocenters. The summed E-state index contributed by atoms with van der Waals surface area (Å²) in [5.41, 5.74) is 1.00. The summed E-state index contributed by atoms with van der Waals surface area (Å²) in [6, 6.07) is 12.6. The van der Waals surface area contributed by atoms with Gasteiger partial charge in [0.2, 0.25) is 5.91 Å². The minimum Gasteiger partial charge on any atom is -0.326 e. The summed E-state index contributed by atoms with van der Waals surface area (Å²) in [5.74, 6) is -0.591. The van der Waals surface area contributed by atoms with E-state index in [4.69, 9.17) is 0 Å². The lowest BCUT2D eigenvalue weighted by Crippen LogP contribution is -2.12. The predicted octanol–water partition coefficient (Wildman–Crippen LogP) is 4.82. The lowest BCUT2D eigenvalue weighted by Gasteiger charge is -2.19. The number of carbonyl (C=O) groups is 1. The van der Waals surface area contributed by atoms with Crippen LogP contribution in [0.1, 0.15) is 36.5 Å². The summed E-state index contributed by atoms with van der Waals surface area (Å²) in [6.07, 6.45) is -4.42. The second kappa shape index (κ2) is 6.22. The smallest absolute Gasteiger partial charge is 0.326 e. The van der Waals surface area contributed by atoms with E-state index in [9.17, 15) is 18.0 Å². The Balaban J connectivity index is 2.51. The van der Waals surface area contributed by atoms with E-state index in [1.165, 1.54) is 13.0 Å². The first-order valence-corrected chi connectivity index (χ1v) is 6.82. The van der Waals surface area contributed by atoms with Gasteiger partial charge in [0.25, 0.3) is 0 Å². The van der Waals surface area contributed by atoms with Gasteiger partial charge in [0.15, 0.2) is 0 Å². The predicted molar refractivity (Wildman–Crippen MR) is 79.7 cm³/mol. The maximum absolute atomic E-state index is 12.9. The third kappa shape index (κ3) is 3.67. The minimum atomic E-state index is -4.42. The van der Waals surface area contributed by atoms with Crippen LogP contribution in [0.2, 0.25) is 0 Å². The van der Waals surface area contributed by atoms with Crippen LogP contribution < -0.4 is 5.32 Å². The number of carbonyl (C=O) groups excluding carboxylic acids is 1. The Morgan fingerprint density at radius 2 is 1.73 bits per heavy atom. The van der Waals surface area contributed by atoms with Gasteiger partial charge in [-0.2, -0.15) is 13.2 Å². The molecule has 2 aromatic carbocycles. The second-order valence-electron chi connectivity index (χ2n) is 5.11. The second-order valence-corrected chi connectivity index (χ2v) is 5.11. The van der Waals surface area contributed by atoms with Crippen molar-refractivity contribution in [2.75, 3.05) is 5.32 Å². The summed E-state index contributed by atoms with van der Waals surface area (Å²) in [5, 5.41) is 2.60. The number of amides is 1. The topological polar surface area (TPSA) is 29.1 Å². The van der Waals surface area contributed by atoms with Crippen LogP contribution in [0.3, 0.4) is 0 Å². The van der Waals surface area contributed by atoms with Crippen molar-refractivity contribution in [1.29, 1.82) is 0 Å². The third-order valence-electron chi connectivity index (χ3n) is 3.46. The summed E-state index contributed by atoms with van der Waals surface area (Å²) in [7, 11) is 0. The van der Waals surface area contributed by atoms with Gasteiger partial charge < -0.3 is 5.32 Å². The van der Waals surface area contributed by atoms with Gasteiger partial charge in [0.1, 0.15) is 0 Å². The van der Waals surface area contributed by atoms with Crippen molar-refractivity contribution in [3.05, 3.63) is 65.2 Å². The molecule has 1 N–H and O–H groups in total. The van der Waals surface area contributed by atoms with E-state index < -0.39 is 11.7 Å². The minimum absolute atomic E-state index is 0.273. The summed E-state index contributed by atoms with van der Waals surface area (Å²) >= 11 is 0. The monoisotopic (exact) mass is 307 g/mol. The molecule has 0 aromatic heterocycles. The van der Waals surface area contributed by atoms with Crippen LogP contribution in [0.5, 0.6) is 0 Å². The van der Waals surface area contributed by atoms with Gasteiger partial charge in [-0.25, -0.2) is 0 Å². The molecule has 0 spiro atoms. The zero-order chi connectivity index (χ0) is 16.3. The number of nitrogens with one attached hydrogen (secondary N) is 1. The number of hydrogen-bond donors (Lipinski definition) is 1. The highest BCUT2D eigenvalue weighted by molar-refractivity contribution is 5.89. The molecule has 0 aliphatic rings. The van der Waals surface area contributed by atoms with Gasteiger partial charge in [-0.3, -0.25) is 4.79 Å². The van der Waals surface area contributed by atoms with Gasteiger partial charge in [-0.15, -0.1) is 0 Å². The van der Waals surface area contributed by atoms with E-state index in [0.29, 0.717) is 11.3 Å². The molecular weight excluding hydrogens is 291 g/mol. The van der Waals surface area contributed by atoms with Gasteiger partial charge in [-0.05, 0) is 29.3 Å². The number of hydrogen-bond acceptors (Lipinski definition) is 1. The Morgan fingerprint density at radius 1 is 1.09 bits per heavy atom. The van der Waals surface area contributed by atoms with Gasteiger partial charge in [0.05, 0.1) is 5.56 Å². The lowest BCUT2D eigenvalue weighted by atomic mass is 9.90. The number of anilines is 1. The van der Waals surface area contributed by atoms with Crippen LogP contribution >= 0.6 is 0 Å². The molecular formula is C17H16F3NO. The van der Waals surface area contributed by atoms with Crippen molar-refractivity contribution in [2.45, 2.75) is 25.9 Å². The van der Waals surface area contributed by atoms with E-state index in [1.807, 2.05) is 37.3 Å². The molecule has 0 heterocycles. The highest BCUT2D eigenvalue weighted by Crippen LogP contribution is 2.36. The van der Waals surface area contributed by atoms with E-state index in [-0.39, 0.29) is 11.8 Å². The average molecular weight is 307 g/mol. The molecule has 1 atom stereocenters. The third-order valence-corrected chi connectivity index (χ3v) is 3.46. The quantitative estimate of drug-likeness (QED) is 0.865. The number of alkyl halides is 3. The van der Waals surface area contributed by atoms with Crippen LogP contribution in [0.4, 0.5) is 18.9 Å². The molecule has 0 radical (unpaired) electrons. The molecule has 0 aliphatic carbocycles. The highest BCUT2D eigenvalue weighted by Gasteiger charge is 2.31. The molecule has 2 aromatic rings. The molecule has 0 fully saturated rings. The largest absolute Gasteiger partial charge is 0.416 e. The van der Waals surface area contributed by atoms with Crippen molar-refractivity contribution >= 4 is 11.6 Å². The fourth-order valence-corrected chi connectivity index (χ4v) is 2.32. The SMILES string of the molecule is CC(=O)Nc1ccc(C(F)(F)F)cc1[C@H](C)c1ccccc1. The fraction of sp³-hybridized carbons (Fsp3) is 0.235. The molecule has 0 saturated heterocycles. The summed E-state index contributed by atoms with van der Waals surface area (Å²) in [4.78, 5) is 11.3. The van der Waals surface area contributed by atoms with Gasteiger partial charge >= 0.3 is 6.18 Å². The molecule has 116 valence electrons. The molecule has 0 aliphatic heterocycles. The number of halogens is 3. The molecule has 0 saturated carbocycles. The maximum atomic E-state index is 12.9. The summed E-state index contributed by atoms with van der Waals surface area (Å²) < 4.78 is 38.8. The Kier molecular flexibility index (Phi) is 4.54. The maximum Gasteiger partial charge on any atom is 0.416 e. The van der Waals surface area contributed by atoms with Crippen LogP contribution in [0.15, 0.2) is 48.5 Å². The van der Waals surface area contributed by atoms with Crippen molar-refractivity contribution in [2.24, 2.45) is 0 Å². The summed E-state index contributed by atoms with van der Waals surface area (Å²) in [6.45, 7) is 3.14. The van der Waals surface area contributed by atoms with Crippen molar-refractivity contribution in [3.8, 4) is 0 Å². The van der Waals surface area contributed by atoms with Crippen LogP contribution in [-0.2, 0) is 11.0 Å². The first-order valence-electron chi connectivity index (χ1n) is 6.82. The standard InChI is InChI=1S/C17H16F3NO/c1-11(13-6-4-3-5-7-13)15-10-14(17(18,19)20)8-9-16(15)21-12(2)22/h3-11H,1-2H3,(H,21,22)/t11-/m1/s1. The van der Waals surface area contributed by atoms with Gasteiger partial charge in [-0.1, -0.05) is 37.3 Å². The molecule has 5 heteroatoms. The lowest BCUT2D eigenvalue weighted by molar-refractivity contribution is -0.137. The molecule has 2 rings (SSSR count). The molecule has 2 nitrogen and oxygen atoms in total. The first-order chi connectivity index (χ1) is 10.3. The Hall–Kier alpha value is -2.30. The van der Waals surface area contributed by atoms with Crippen LogP contribution in [0.25, 0.3) is 0 Å². The highest BCUT2D eigenvalue weighted by atomic mass is 19.4. The zero-order valence-electron chi connectivity index (χ0n) is 12.2. The van der Waals surface area contributed by atoms with Crippen molar-refractivity contribution in [1.82, 2.24) is 0 Å². The molecule has 22 heavy (non-hydrogen) atoms. The van der Waals surface area contributed by atoms with E-state index >= 15 is 0 Å². The van der Waals surface area contributed by atoms with Crippen LogP contribution in [-0.4, -0.2) is 5.91 Å². The average Bonchev–Trinajstić information content (AvgIpc) is 2.46. The molecule has 1 amide bonds. The normalized spacial score (nSPS) is 12.8. The fourth-order valence-electron chi connectivity index (χ4n) is 2.32. The van der Waals surface area contributed by atoms with Crippen molar-refractivity contribution < 1.29 is 18.0 Å². The Bertz CT molecular complexity index is 665. The number of benzene rings is 2. The number of rotatable bonds is 3. The first kappa shape index (κ1) is 16.1. The van der Waals surface area contributed by atoms with Crippen LogP contribution in [0, 0.1) is 0 Å². The van der Waals surface area contributed by atoms with E-state index in [0.717, 1.165) is 17.7 Å². The Labute approximate surface area is 127 Å². The zero-order valence-corrected chi connectivity index (χ0v) is 12.2. The molecule has 0 bridgehead atoms. The van der Waals surface area contributed by atoms with E-state index in [2.05, 4.69) is 5.32 Å². The van der Waals surface area contributed by atoms with Gasteiger partial charge in [0, 0.05) is 18.5 Å². The van der Waals surface area contributed by atoms with E-state index in [1.54, 1.807) is 0 Å². The van der Waals surface area contributed by atoms with Crippen molar-refractivity contribution in [3.63, 3.8) is 0 Å².